The molecule has 0 spiro atoms. The first-order valence-corrected chi connectivity index (χ1v) is 8.40. The van der Waals surface area contributed by atoms with Gasteiger partial charge in [0.15, 0.2) is 0 Å². The van der Waals surface area contributed by atoms with Gasteiger partial charge in [-0.25, -0.2) is 4.79 Å². The number of aromatic nitrogens is 2. The van der Waals surface area contributed by atoms with Crippen LogP contribution in [0.2, 0.25) is 0 Å². The molecule has 10 heteroatoms. The van der Waals surface area contributed by atoms with Gasteiger partial charge in [-0.1, -0.05) is 0 Å². The molecular formula is C14H21IN4O5. The van der Waals surface area contributed by atoms with Gasteiger partial charge in [-0.3, -0.25) is 14.4 Å². The second-order valence-electron chi connectivity index (χ2n) is 6.77. The van der Waals surface area contributed by atoms with Crippen molar-refractivity contribution in [3.05, 3.63) is 15.0 Å². The van der Waals surface area contributed by atoms with E-state index in [1.807, 2.05) is 22.6 Å². The lowest BCUT2D eigenvalue weighted by Gasteiger charge is -2.41. The third-order valence-electron chi connectivity index (χ3n) is 3.70. The van der Waals surface area contributed by atoms with Gasteiger partial charge in [-0.15, -0.1) is 0 Å². The second kappa shape index (κ2) is 6.48. The maximum absolute atomic E-state index is 12.4. The van der Waals surface area contributed by atoms with Gasteiger partial charge in [0.05, 0.1) is 37.6 Å². The Bertz CT molecular complexity index is 663. The van der Waals surface area contributed by atoms with Gasteiger partial charge in [-0.2, -0.15) is 5.10 Å². The molecule has 9 nitrogen and oxygen atoms in total. The SMILES string of the molecule is CC(C)(C)OC(=O)N1Cc2c(C(N)=O)c(I)nn2C(CO)(CO)C1. The highest BCUT2D eigenvalue weighted by atomic mass is 127. The lowest BCUT2D eigenvalue weighted by Crippen LogP contribution is -2.57. The summed E-state index contributed by atoms with van der Waals surface area (Å²) in [5.41, 5.74) is 4.02. The Balaban J connectivity index is 2.51. The third-order valence-corrected chi connectivity index (χ3v) is 4.46. The van der Waals surface area contributed by atoms with E-state index in [1.54, 1.807) is 20.8 Å². The summed E-state index contributed by atoms with van der Waals surface area (Å²) in [6, 6.07) is 0. The zero-order chi connectivity index (χ0) is 18.3. The summed E-state index contributed by atoms with van der Waals surface area (Å²) >= 11 is 1.86. The molecule has 1 aromatic heterocycles. The number of primary amides is 1. The standard InChI is InChI=1S/C14H21IN4O5/c1-13(2,3)24-12(23)18-4-8-9(11(16)22)10(15)17-19(8)14(5-18,6-20)7-21/h20-21H,4-7H2,1-3H3,(H2,16,22). The molecule has 2 heterocycles. The minimum absolute atomic E-state index is 0.00211. The molecule has 0 radical (unpaired) electrons. The van der Waals surface area contributed by atoms with E-state index in [4.69, 9.17) is 10.5 Å². The quantitative estimate of drug-likeness (QED) is 0.555. The topological polar surface area (TPSA) is 131 Å². The minimum atomic E-state index is -1.25. The van der Waals surface area contributed by atoms with Crippen LogP contribution in [0.15, 0.2) is 0 Å². The fraction of sp³-hybridized carbons (Fsp3) is 0.643. The van der Waals surface area contributed by atoms with Crippen LogP contribution in [0.5, 0.6) is 0 Å². The van der Waals surface area contributed by atoms with Crippen molar-refractivity contribution in [1.82, 2.24) is 14.7 Å². The van der Waals surface area contributed by atoms with E-state index in [2.05, 4.69) is 5.10 Å². The molecule has 0 aromatic carbocycles. The molecule has 0 atom stereocenters. The average Bonchev–Trinajstić information content (AvgIpc) is 2.80. The summed E-state index contributed by atoms with van der Waals surface area (Å²) in [6.45, 7) is 4.33. The lowest BCUT2D eigenvalue weighted by molar-refractivity contribution is -0.0231. The number of carbonyl (C=O) groups excluding carboxylic acids is 2. The van der Waals surface area contributed by atoms with Crippen molar-refractivity contribution in [2.24, 2.45) is 5.73 Å². The van der Waals surface area contributed by atoms with Gasteiger partial charge in [-0.05, 0) is 43.4 Å². The molecule has 0 bridgehead atoms. The first-order chi connectivity index (χ1) is 11.0. The Morgan fingerprint density at radius 2 is 1.96 bits per heavy atom. The van der Waals surface area contributed by atoms with Gasteiger partial charge in [0.1, 0.15) is 14.8 Å². The normalized spacial score (nSPS) is 16.7. The van der Waals surface area contributed by atoms with Crippen molar-refractivity contribution in [2.75, 3.05) is 19.8 Å². The number of hydrogen-bond donors (Lipinski definition) is 3. The second-order valence-corrected chi connectivity index (χ2v) is 7.79. The highest BCUT2D eigenvalue weighted by molar-refractivity contribution is 14.1. The van der Waals surface area contributed by atoms with Crippen LogP contribution in [0, 0.1) is 3.70 Å². The molecule has 0 aliphatic carbocycles. The number of halogens is 1. The molecule has 2 amide bonds. The largest absolute Gasteiger partial charge is 0.444 e. The van der Waals surface area contributed by atoms with Crippen molar-refractivity contribution < 1.29 is 24.5 Å². The number of rotatable bonds is 3. The monoisotopic (exact) mass is 452 g/mol. The van der Waals surface area contributed by atoms with Gasteiger partial charge in [0.25, 0.3) is 5.91 Å². The highest BCUT2D eigenvalue weighted by Gasteiger charge is 2.44. The van der Waals surface area contributed by atoms with Crippen molar-refractivity contribution >= 4 is 34.6 Å². The molecule has 0 saturated heterocycles. The number of fused-ring (bicyclic) bond motifs is 1. The molecule has 1 aliphatic heterocycles. The molecule has 0 unspecified atom stereocenters. The van der Waals surface area contributed by atoms with E-state index < -0.39 is 36.4 Å². The molecule has 0 saturated carbocycles. The van der Waals surface area contributed by atoms with Crippen LogP contribution in [0.3, 0.4) is 0 Å². The predicted molar refractivity (Wildman–Crippen MR) is 92.3 cm³/mol. The molecule has 2 rings (SSSR count). The van der Waals surface area contributed by atoms with E-state index in [9.17, 15) is 19.8 Å². The number of aliphatic hydroxyl groups is 2. The van der Waals surface area contributed by atoms with Crippen LogP contribution in [0.4, 0.5) is 4.79 Å². The lowest BCUT2D eigenvalue weighted by atomic mass is 9.97. The Hall–Kier alpha value is -1.40. The van der Waals surface area contributed by atoms with Crippen LogP contribution >= 0.6 is 22.6 Å². The summed E-state index contributed by atoms with van der Waals surface area (Å²) in [5.74, 6) is -0.684. The molecule has 24 heavy (non-hydrogen) atoms. The van der Waals surface area contributed by atoms with Crippen molar-refractivity contribution in [3.8, 4) is 0 Å². The Morgan fingerprint density at radius 3 is 2.42 bits per heavy atom. The van der Waals surface area contributed by atoms with Crippen LogP contribution in [0.25, 0.3) is 0 Å². The number of hydrogen-bond acceptors (Lipinski definition) is 6. The molecule has 1 aliphatic rings. The van der Waals surface area contributed by atoms with Gasteiger partial charge in [0.2, 0.25) is 0 Å². The van der Waals surface area contributed by atoms with E-state index in [-0.39, 0.29) is 18.7 Å². The summed E-state index contributed by atoms with van der Waals surface area (Å²) in [4.78, 5) is 25.5. The maximum Gasteiger partial charge on any atom is 0.410 e. The zero-order valence-corrected chi connectivity index (χ0v) is 15.9. The van der Waals surface area contributed by atoms with Crippen LogP contribution in [-0.2, 0) is 16.8 Å². The fourth-order valence-corrected chi connectivity index (χ4v) is 3.40. The van der Waals surface area contributed by atoms with Crippen molar-refractivity contribution in [2.45, 2.75) is 38.5 Å². The van der Waals surface area contributed by atoms with E-state index >= 15 is 0 Å². The van der Waals surface area contributed by atoms with Crippen LogP contribution in [0.1, 0.15) is 36.8 Å². The molecule has 4 N–H and O–H groups in total. The van der Waals surface area contributed by atoms with Crippen molar-refractivity contribution in [1.29, 1.82) is 0 Å². The Kier molecular flexibility index (Phi) is 5.11. The number of ether oxygens (including phenoxy) is 1. The number of nitrogens with zero attached hydrogens (tertiary/aromatic N) is 3. The fourth-order valence-electron chi connectivity index (χ4n) is 2.60. The predicted octanol–water partition coefficient (Wildman–Crippen LogP) is 0.0172. The molecule has 1 aromatic rings. The first kappa shape index (κ1) is 18.9. The summed E-state index contributed by atoms with van der Waals surface area (Å²) in [7, 11) is 0. The molecule has 0 fully saturated rings. The molecular weight excluding hydrogens is 431 g/mol. The van der Waals surface area contributed by atoms with Gasteiger partial charge in [0, 0.05) is 0 Å². The number of aliphatic hydroxyl groups excluding tert-OH is 2. The highest BCUT2D eigenvalue weighted by Crippen LogP contribution is 2.31. The van der Waals surface area contributed by atoms with E-state index in [0.717, 1.165) is 0 Å². The summed E-state index contributed by atoms with van der Waals surface area (Å²) < 4.78 is 7.11. The first-order valence-electron chi connectivity index (χ1n) is 7.32. The average molecular weight is 452 g/mol. The Morgan fingerprint density at radius 1 is 1.38 bits per heavy atom. The molecule has 134 valence electrons. The Labute approximate surface area is 152 Å². The van der Waals surface area contributed by atoms with Gasteiger partial charge < -0.3 is 20.7 Å². The summed E-state index contributed by atoms with van der Waals surface area (Å²) in [6.07, 6.45) is -0.605. The van der Waals surface area contributed by atoms with Gasteiger partial charge >= 0.3 is 6.09 Å². The van der Waals surface area contributed by atoms with Crippen LogP contribution < -0.4 is 5.73 Å². The third kappa shape index (κ3) is 3.35. The zero-order valence-electron chi connectivity index (χ0n) is 13.7. The number of amides is 2. The summed E-state index contributed by atoms with van der Waals surface area (Å²) in [5, 5.41) is 23.9. The maximum atomic E-state index is 12.4. The number of carbonyl (C=O) groups is 2. The van der Waals surface area contributed by atoms with Crippen molar-refractivity contribution in [3.63, 3.8) is 0 Å². The van der Waals surface area contributed by atoms with Crippen LogP contribution in [-0.4, -0.2) is 62.3 Å². The van der Waals surface area contributed by atoms with E-state index in [1.165, 1.54) is 9.58 Å². The minimum Gasteiger partial charge on any atom is -0.444 e. The number of nitrogens with two attached hydrogens (primary N) is 1. The van der Waals surface area contributed by atoms with E-state index in [0.29, 0.717) is 9.39 Å². The smallest absolute Gasteiger partial charge is 0.410 e.